The van der Waals surface area contributed by atoms with Crippen LogP contribution in [0, 0.1) is 12.8 Å². The third-order valence-electron chi connectivity index (χ3n) is 6.82. The number of benzene rings is 1. The number of sulfone groups is 1. The van der Waals surface area contributed by atoms with Gasteiger partial charge in [0.15, 0.2) is 9.84 Å². The molecule has 0 saturated carbocycles. The van der Waals surface area contributed by atoms with Gasteiger partial charge in [-0.1, -0.05) is 36.8 Å². The molecule has 0 aliphatic carbocycles. The Labute approximate surface area is 179 Å². The first kappa shape index (κ1) is 19.9. The Kier molecular flexibility index (Phi) is 5.06. The molecule has 1 unspecified atom stereocenters. The SMILES string of the molecule is Cc1cccc(CN2C[C@@H]3c4nc(N5CCCC(C)C5)ncc4CS(=O)(=O)[C@H]3C2)c1. The van der Waals surface area contributed by atoms with Crippen molar-refractivity contribution in [2.45, 2.75) is 50.2 Å². The molecule has 1 aromatic heterocycles. The molecule has 160 valence electrons. The molecule has 2 aromatic rings. The minimum Gasteiger partial charge on any atom is -0.341 e. The van der Waals surface area contributed by atoms with Crippen LogP contribution < -0.4 is 4.90 Å². The number of piperidine rings is 1. The Morgan fingerprint density at radius 3 is 2.87 bits per heavy atom. The maximum atomic E-state index is 13.0. The maximum Gasteiger partial charge on any atom is 0.225 e. The summed E-state index contributed by atoms with van der Waals surface area (Å²) < 4.78 is 26.0. The summed E-state index contributed by atoms with van der Waals surface area (Å²) in [7, 11) is -3.19. The minimum atomic E-state index is -3.19. The van der Waals surface area contributed by atoms with Crippen LogP contribution >= 0.6 is 0 Å². The van der Waals surface area contributed by atoms with E-state index in [9.17, 15) is 8.42 Å². The Balaban J connectivity index is 1.43. The third kappa shape index (κ3) is 3.73. The number of nitrogens with zero attached hydrogens (tertiary/aromatic N) is 4. The zero-order valence-corrected chi connectivity index (χ0v) is 18.6. The third-order valence-corrected chi connectivity index (χ3v) is 8.94. The first-order valence-electron chi connectivity index (χ1n) is 11.0. The summed E-state index contributed by atoms with van der Waals surface area (Å²) in [5, 5.41) is -0.363. The Bertz CT molecular complexity index is 1050. The lowest BCUT2D eigenvalue weighted by molar-refractivity contribution is 0.326. The average Bonchev–Trinajstić information content (AvgIpc) is 3.13. The second-order valence-corrected chi connectivity index (χ2v) is 11.6. The molecule has 3 aliphatic rings. The van der Waals surface area contributed by atoms with E-state index in [1.54, 1.807) is 6.20 Å². The van der Waals surface area contributed by atoms with Gasteiger partial charge in [-0.05, 0) is 31.2 Å². The molecule has 30 heavy (non-hydrogen) atoms. The van der Waals surface area contributed by atoms with E-state index in [0.717, 1.165) is 49.8 Å². The minimum absolute atomic E-state index is 0.0625. The molecule has 0 spiro atoms. The largest absolute Gasteiger partial charge is 0.341 e. The second kappa shape index (κ2) is 7.61. The molecule has 0 amide bonds. The van der Waals surface area contributed by atoms with Crippen molar-refractivity contribution in [3.63, 3.8) is 0 Å². The van der Waals surface area contributed by atoms with E-state index in [4.69, 9.17) is 4.98 Å². The summed E-state index contributed by atoms with van der Waals surface area (Å²) in [6.45, 7) is 8.42. The first-order valence-corrected chi connectivity index (χ1v) is 12.7. The fraction of sp³-hybridized carbons (Fsp3) is 0.565. The molecule has 5 rings (SSSR count). The van der Waals surface area contributed by atoms with Crippen LogP contribution in [0.3, 0.4) is 0 Å². The van der Waals surface area contributed by atoms with Gasteiger partial charge in [-0.15, -0.1) is 0 Å². The van der Waals surface area contributed by atoms with E-state index in [1.165, 1.54) is 17.5 Å². The van der Waals surface area contributed by atoms with Crippen LogP contribution in [0.1, 0.15) is 48.1 Å². The van der Waals surface area contributed by atoms with Crippen LogP contribution in [-0.4, -0.2) is 54.7 Å². The van der Waals surface area contributed by atoms with Crippen molar-refractivity contribution in [2.75, 3.05) is 31.1 Å². The van der Waals surface area contributed by atoms with E-state index < -0.39 is 9.84 Å². The quantitative estimate of drug-likeness (QED) is 0.752. The Morgan fingerprint density at radius 1 is 1.20 bits per heavy atom. The number of aryl methyl sites for hydroxylation is 1. The zero-order valence-electron chi connectivity index (χ0n) is 17.8. The van der Waals surface area contributed by atoms with Gasteiger partial charge in [0.2, 0.25) is 5.95 Å². The number of hydrogen-bond acceptors (Lipinski definition) is 6. The van der Waals surface area contributed by atoms with Crippen molar-refractivity contribution in [3.05, 3.63) is 52.8 Å². The molecule has 3 atom stereocenters. The summed E-state index contributed by atoms with van der Waals surface area (Å²) in [6.07, 6.45) is 4.18. The van der Waals surface area contributed by atoms with Crippen LogP contribution in [0.2, 0.25) is 0 Å². The van der Waals surface area contributed by atoms with Crippen LogP contribution in [0.25, 0.3) is 0 Å². The summed E-state index contributed by atoms with van der Waals surface area (Å²) in [5.41, 5.74) is 4.22. The molecule has 2 fully saturated rings. The lowest BCUT2D eigenvalue weighted by Gasteiger charge is -2.32. The molecule has 6 nitrogen and oxygen atoms in total. The number of aromatic nitrogens is 2. The van der Waals surface area contributed by atoms with Gasteiger partial charge in [0, 0.05) is 50.4 Å². The molecule has 1 aromatic carbocycles. The maximum absolute atomic E-state index is 13.0. The summed E-state index contributed by atoms with van der Waals surface area (Å²) in [6, 6.07) is 8.46. The smallest absolute Gasteiger partial charge is 0.225 e. The van der Waals surface area contributed by atoms with Gasteiger partial charge in [-0.2, -0.15) is 0 Å². The second-order valence-electron chi connectivity index (χ2n) is 9.41. The predicted molar refractivity (Wildman–Crippen MR) is 118 cm³/mol. The fourth-order valence-corrected chi connectivity index (χ4v) is 7.39. The Hall–Kier alpha value is -1.99. The molecule has 2 saturated heterocycles. The molecule has 4 heterocycles. The lowest BCUT2D eigenvalue weighted by Crippen LogP contribution is -2.38. The van der Waals surface area contributed by atoms with Crippen molar-refractivity contribution in [3.8, 4) is 0 Å². The summed E-state index contributed by atoms with van der Waals surface area (Å²) in [5.74, 6) is 1.42. The van der Waals surface area contributed by atoms with Gasteiger partial charge >= 0.3 is 0 Å². The van der Waals surface area contributed by atoms with Gasteiger partial charge < -0.3 is 4.90 Å². The number of rotatable bonds is 3. The van der Waals surface area contributed by atoms with Crippen molar-refractivity contribution in [1.29, 1.82) is 0 Å². The van der Waals surface area contributed by atoms with E-state index in [0.29, 0.717) is 12.5 Å². The number of hydrogen-bond donors (Lipinski definition) is 0. The van der Waals surface area contributed by atoms with E-state index >= 15 is 0 Å². The van der Waals surface area contributed by atoms with E-state index in [1.807, 2.05) is 0 Å². The standard InChI is InChI=1S/C23H30N4O2S/c1-16-5-3-7-18(9-16)12-26-13-20-21(14-26)30(28,29)15-19-10-24-23(25-22(19)20)27-8-4-6-17(2)11-27/h3,5,7,9-10,17,20-21H,4,6,8,11-15H2,1-2H3/t17?,20-,21-/m0/s1. The molecular formula is C23H30N4O2S. The number of anilines is 1. The van der Waals surface area contributed by atoms with Crippen molar-refractivity contribution in [1.82, 2.24) is 14.9 Å². The summed E-state index contributed by atoms with van der Waals surface area (Å²) in [4.78, 5) is 14.1. The fourth-order valence-electron chi connectivity index (χ4n) is 5.37. The van der Waals surface area contributed by atoms with Crippen molar-refractivity contribution >= 4 is 15.8 Å². The topological polar surface area (TPSA) is 66.4 Å². The van der Waals surface area contributed by atoms with Gasteiger partial charge in [0.25, 0.3) is 0 Å². The van der Waals surface area contributed by atoms with Gasteiger partial charge in [0.05, 0.1) is 16.7 Å². The Morgan fingerprint density at radius 2 is 2.07 bits per heavy atom. The normalized spacial score (nSPS) is 28.2. The highest BCUT2D eigenvalue weighted by Crippen LogP contribution is 2.40. The van der Waals surface area contributed by atoms with Gasteiger partial charge in [0.1, 0.15) is 0 Å². The predicted octanol–water partition coefficient (Wildman–Crippen LogP) is 2.92. The van der Waals surface area contributed by atoms with Crippen molar-refractivity contribution < 1.29 is 8.42 Å². The van der Waals surface area contributed by atoms with Crippen LogP contribution in [0.15, 0.2) is 30.5 Å². The van der Waals surface area contributed by atoms with Crippen molar-refractivity contribution in [2.24, 2.45) is 5.92 Å². The van der Waals surface area contributed by atoms with E-state index in [-0.39, 0.29) is 16.9 Å². The molecule has 7 heteroatoms. The highest BCUT2D eigenvalue weighted by molar-refractivity contribution is 7.91. The zero-order chi connectivity index (χ0) is 20.9. The molecule has 0 N–H and O–H groups in total. The molecular weight excluding hydrogens is 396 g/mol. The summed E-state index contributed by atoms with van der Waals surface area (Å²) >= 11 is 0. The first-order chi connectivity index (χ1) is 14.4. The average molecular weight is 427 g/mol. The van der Waals surface area contributed by atoms with Gasteiger partial charge in [-0.3, -0.25) is 4.90 Å². The van der Waals surface area contributed by atoms with Crippen LogP contribution in [-0.2, 0) is 22.1 Å². The highest BCUT2D eigenvalue weighted by Gasteiger charge is 2.47. The van der Waals surface area contributed by atoms with Crippen LogP contribution in [0.5, 0.6) is 0 Å². The van der Waals surface area contributed by atoms with Crippen LogP contribution in [0.4, 0.5) is 5.95 Å². The van der Waals surface area contributed by atoms with Gasteiger partial charge in [-0.25, -0.2) is 18.4 Å². The highest BCUT2D eigenvalue weighted by atomic mass is 32.2. The molecule has 3 aliphatic heterocycles. The van der Waals surface area contributed by atoms with E-state index in [2.05, 4.69) is 52.9 Å². The lowest BCUT2D eigenvalue weighted by atomic mass is 9.99. The molecule has 0 radical (unpaired) electrons. The number of likely N-dealkylation sites (tertiary alicyclic amines) is 1. The monoisotopic (exact) mass is 426 g/mol. The number of fused-ring (bicyclic) bond motifs is 3. The molecule has 0 bridgehead atoms.